The molecule has 0 saturated carbocycles. The second-order valence-electron chi connectivity index (χ2n) is 2.84. The van der Waals surface area contributed by atoms with Crippen molar-refractivity contribution in [1.82, 2.24) is 9.78 Å². The quantitative estimate of drug-likeness (QED) is 0.719. The van der Waals surface area contributed by atoms with Crippen molar-refractivity contribution >= 4 is 34.1 Å². The zero-order valence-corrected chi connectivity index (χ0v) is 10.8. The van der Waals surface area contributed by atoms with E-state index >= 15 is 0 Å². The van der Waals surface area contributed by atoms with E-state index in [1.165, 1.54) is 4.68 Å². The molecule has 0 saturated heterocycles. The van der Waals surface area contributed by atoms with E-state index in [9.17, 15) is 0 Å². The minimum Gasteiger partial charge on any atom is -0.257 e. The highest BCUT2D eigenvalue weighted by Crippen LogP contribution is 2.32. The minimum absolute atomic E-state index is 0.383. The normalized spacial score (nSPS) is 9.50. The fourth-order valence-electron chi connectivity index (χ4n) is 1.35. The lowest BCUT2D eigenvalue weighted by Crippen LogP contribution is -1.92. The van der Waals surface area contributed by atoms with E-state index in [-0.39, 0.29) is 0 Å². The van der Waals surface area contributed by atoms with E-state index in [4.69, 9.17) is 28.5 Å². The third-order valence-electron chi connectivity index (χ3n) is 2.00. The molecule has 0 atom stereocenters. The van der Waals surface area contributed by atoms with E-state index in [0.717, 1.165) is 0 Å². The van der Waals surface area contributed by atoms with Crippen molar-refractivity contribution in [1.29, 1.82) is 5.26 Å². The Morgan fingerprint density at radius 3 is 2.50 bits per heavy atom. The van der Waals surface area contributed by atoms with Crippen LogP contribution in [0.1, 0.15) is 19.5 Å². The van der Waals surface area contributed by atoms with Crippen LogP contribution in [-0.2, 0) is 7.05 Å². The predicted molar refractivity (Wildman–Crippen MR) is 66.8 cm³/mol. The van der Waals surface area contributed by atoms with Crippen LogP contribution in [0.4, 0.5) is 0 Å². The Morgan fingerprint density at radius 1 is 1.31 bits per heavy atom. The maximum absolute atomic E-state index is 8.91. The van der Waals surface area contributed by atoms with Crippen molar-refractivity contribution in [3.05, 3.63) is 27.9 Å². The maximum atomic E-state index is 8.91. The van der Waals surface area contributed by atoms with Crippen LogP contribution in [-0.4, -0.2) is 9.78 Å². The summed E-state index contributed by atoms with van der Waals surface area (Å²) >= 11 is 11.8. The van der Waals surface area contributed by atoms with Gasteiger partial charge in [0.15, 0.2) is 0 Å². The number of halogens is 2. The first-order chi connectivity index (χ1) is 7.65. The number of nitriles is 1. The smallest absolute Gasteiger partial charge is 0.147 e. The summed E-state index contributed by atoms with van der Waals surface area (Å²) in [6.07, 6.45) is 0. The molecule has 0 radical (unpaired) electrons. The topological polar surface area (TPSA) is 41.6 Å². The number of benzene rings is 1. The van der Waals surface area contributed by atoms with E-state index in [1.807, 2.05) is 19.9 Å². The van der Waals surface area contributed by atoms with Gasteiger partial charge in [0.05, 0.1) is 20.9 Å². The first-order valence-electron chi connectivity index (χ1n) is 4.86. The summed E-state index contributed by atoms with van der Waals surface area (Å²) in [6.45, 7) is 4.00. The Balaban J connectivity index is 0.000000606. The molecular weight excluding hydrogens is 245 g/mol. The molecular formula is C11H11Cl2N3. The van der Waals surface area contributed by atoms with E-state index in [2.05, 4.69) is 5.10 Å². The molecule has 0 bridgehead atoms. The molecule has 0 aliphatic heterocycles. The van der Waals surface area contributed by atoms with Crippen molar-refractivity contribution in [3.63, 3.8) is 0 Å². The highest BCUT2D eigenvalue weighted by atomic mass is 35.5. The van der Waals surface area contributed by atoms with Gasteiger partial charge >= 0.3 is 0 Å². The second-order valence-corrected chi connectivity index (χ2v) is 3.62. The number of nitrogens with zero attached hydrogens (tertiary/aromatic N) is 3. The molecule has 0 aliphatic carbocycles. The summed E-state index contributed by atoms with van der Waals surface area (Å²) in [6, 6.07) is 5.45. The molecule has 0 N–H and O–H groups in total. The van der Waals surface area contributed by atoms with Crippen LogP contribution in [0.3, 0.4) is 0 Å². The molecule has 5 heteroatoms. The summed E-state index contributed by atoms with van der Waals surface area (Å²) in [4.78, 5) is 0. The zero-order chi connectivity index (χ0) is 12.3. The van der Waals surface area contributed by atoms with Crippen LogP contribution in [0, 0.1) is 11.3 Å². The van der Waals surface area contributed by atoms with Crippen molar-refractivity contribution < 1.29 is 0 Å². The molecule has 0 unspecified atom stereocenters. The third-order valence-corrected chi connectivity index (χ3v) is 2.80. The predicted octanol–water partition coefficient (Wildman–Crippen LogP) is 3.78. The molecule has 1 aromatic heterocycles. The Morgan fingerprint density at radius 2 is 1.94 bits per heavy atom. The van der Waals surface area contributed by atoms with Crippen LogP contribution >= 0.6 is 23.2 Å². The molecule has 1 heterocycles. The highest BCUT2D eigenvalue weighted by Gasteiger charge is 2.13. The number of hydrogen-bond acceptors (Lipinski definition) is 2. The molecule has 2 aromatic rings. The van der Waals surface area contributed by atoms with Gasteiger partial charge in [-0.25, -0.2) is 0 Å². The van der Waals surface area contributed by atoms with Gasteiger partial charge in [0.1, 0.15) is 11.8 Å². The van der Waals surface area contributed by atoms with Crippen LogP contribution in [0.25, 0.3) is 10.9 Å². The molecule has 2 rings (SSSR count). The number of fused-ring (bicyclic) bond motifs is 1. The summed E-state index contributed by atoms with van der Waals surface area (Å²) in [7, 11) is 1.70. The minimum atomic E-state index is 0.383. The first-order valence-corrected chi connectivity index (χ1v) is 5.61. The Hall–Kier alpha value is -1.24. The van der Waals surface area contributed by atoms with Gasteiger partial charge in [0.25, 0.3) is 0 Å². The van der Waals surface area contributed by atoms with Gasteiger partial charge in [-0.2, -0.15) is 10.4 Å². The fraction of sp³-hybridized carbons (Fsp3) is 0.273. The molecule has 0 spiro atoms. The van der Waals surface area contributed by atoms with Gasteiger partial charge in [-0.3, -0.25) is 4.68 Å². The van der Waals surface area contributed by atoms with Crippen LogP contribution in [0.5, 0.6) is 0 Å². The lowest BCUT2D eigenvalue weighted by Gasteiger charge is -1.95. The van der Waals surface area contributed by atoms with Crippen molar-refractivity contribution in [2.45, 2.75) is 13.8 Å². The second kappa shape index (κ2) is 5.20. The lowest BCUT2D eigenvalue weighted by molar-refractivity contribution is 0.767. The van der Waals surface area contributed by atoms with Crippen molar-refractivity contribution in [2.75, 3.05) is 0 Å². The number of hydrogen-bond donors (Lipinski definition) is 0. The average Bonchev–Trinajstić information content (AvgIpc) is 2.63. The maximum Gasteiger partial charge on any atom is 0.147 e. The zero-order valence-electron chi connectivity index (χ0n) is 9.25. The van der Waals surface area contributed by atoms with Gasteiger partial charge < -0.3 is 0 Å². The Bertz CT molecular complexity index is 552. The molecule has 1 aromatic carbocycles. The standard InChI is InChI=1S/C9H5Cl2N3.C2H6/c1-14-7(4-12)8-6(13-14)3-2-5(10)9(8)11;1-2/h2-3H,1H3;1-2H3. The molecule has 84 valence electrons. The highest BCUT2D eigenvalue weighted by molar-refractivity contribution is 6.45. The van der Waals surface area contributed by atoms with E-state index in [0.29, 0.717) is 26.6 Å². The van der Waals surface area contributed by atoms with Crippen LogP contribution in [0.2, 0.25) is 10.0 Å². The monoisotopic (exact) mass is 255 g/mol. The SMILES string of the molecule is CC.Cn1nc2ccc(Cl)c(Cl)c2c1C#N. The number of rotatable bonds is 0. The van der Waals surface area contributed by atoms with Crippen LogP contribution in [0.15, 0.2) is 12.1 Å². The van der Waals surface area contributed by atoms with Gasteiger partial charge in [0, 0.05) is 7.05 Å². The summed E-state index contributed by atoms with van der Waals surface area (Å²) in [5.41, 5.74) is 1.10. The Kier molecular flexibility index (Phi) is 4.17. The molecule has 3 nitrogen and oxygen atoms in total. The Labute approximate surface area is 104 Å². The van der Waals surface area contributed by atoms with Crippen molar-refractivity contribution in [3.8, 4) is 6.07 Å². The van der Waals surface area contributed by atoms with Crippen molar-refractivity contribution in [2.24, 2.45) is 7.05 Å². The largest absolute Gasteiger partial charge is 0.257 e. The number of aryl methyl sites for hydroxylation is 1. The molecule has 16 heavy (non-hydrogen) atoms. The summed E-state index contributed by atoms with van der Waals surface area (Å²) < 4.78 is 1.49. The lowest BCUT2D eigenvalue weighted by atomic mass is 10.2. The first kappa shape index (κ1) is 12.8. The van der Waals surface area contributed by atoms with Gasteiger partial charge in [-0.05, 0) is 12.1 Å². The molecule has 0 aliphatic rings. The fourth-order valence-corrected chi connectivity index (χ4v) is 1.76. The summed E-state index contributed by atoms with van der Waals surface area (Å²) in [5, 5.41) is 14.5. The van der Waals surface area contributed by atoms with Gasteiger partial charge in [-0.1, -0.05) is 37.0 Å². The number of aromatic nitrogens is 2. The third kappa shape index (κ3) is 1.99. The average molecular weight is 256 g/mol. The van der Waals surface area contributed by atoms with E-state index in [1.54, 1.807) is 19.2 Å². The van der Waals surface area contributed by atoms with Gasteiger partial charge in [-0.15, -0.1) is 0 Å². The molecule has 0 amide bonds. The molecule has 0 fully saturated rings. The summed E-state index contributed by atoms with van der Waals surface area (Å²) in [5.74, 6) is 0. The van der Waals surface area contributed by atoms with Gasteiger partial charge in [0.2, 0.25) is 0 Å². The van der Waals surface area contributed by atoms with Crippen LogP contribution < -0.4 is 0 Å². The van der Waals surface area contributed by atoms with E-state index < -0.39 is 0 Å².